The van der Waals surface area contributed by atoms with Crippen molar-refractivity contribution in [1.82, 2.24) is 15.1 Å². The van der Waals surface area contributed by atoms with Gasteiger partial charge in [-0.2, -0.15) is 5.10 Å². The Morgan fingerprint density at radius 2 is 2.00 bits per heavy atom. The van der Waals surface area contributed by atoms with Gasteiger partial charge in [0.05, 0.1) is 12.6 Å². The van der Waals surface area contributed by atoms with Gasteiger partial charge in [0.25, 0.3) is 0 Å². The van der Waals surface area contributed by atoms with Gasteiger partial charge >= 0.3 is 6.03 Å². The fourth-order valence-electron chi connectivity index (χ4n) is 3.56. The van der Waals surface area contributed by atoms with Crippen molar-refractivity contribution in [1.29, 1.82) is 0 Å². The molecule has 1 saturated heterocycles. The van der Waals surface area contributed by atoms with E-state index in [0.29, 0.717) is 11.7 Å². The summed E-state index contributed by atoms with van der Waals surface area (Å²) < 4.78 is 5.46. The lowest BCUT2D eigenvalue weighted by molar-refractivity contribution is 0.186. The van der Waals surface area contributed by atoms with Crippen LogP contribution in [0.4, 0.5) is 10.6 Å². The number of amides is 2. The Bertz CT molecular complexity index is 958. The van der Waals surface area contributed by atoms with Gasteiger partial charge in [-0.1, -0.05) is 31.2 Å². The second kappa shape index (κ2) is 7.31. The van der Waals surface area contributed by atoms with Gasteiger partial charge in [0.2, 0.25) is 0 Å². The molecule has 2 N–H and O–H groups in total. The number of aromatic amines is 1. The summed E-state index contributed by atoms with van der Waals surface area (Å²) in [5, 5.41) is 11.2. The molecule has 1 fully saturated rings. The number of carbonyl (C=O) groups excluding carboxylic acids is 1. The van der Waals surface area contributed by atoms with Crippen molar-refractivity contribution in [3.05, 3.63) is 42.5 Å². The minimum absolute atomic E-state index is 0.0795. The van der Waals surface area contributed by atoms with Crippen molar-refractivity contribution in [2.24, 2.45) is 5.92 Å². The molecule has 2 aromatic carbocycles. The lowest BCUT2D eigenvalue weighted by atomic mass is 10.00. The van der Waals surface area contributed by atoms with E-state index in [2.05, 4.69) is 22.4 Å². The molecular weight excluding hydrogens is 340 g/mol. The molecule has 0 radical (unpaired) electrons. The highest BCUT2D eigenvalue weighted by Crippen LogP contribution is 2.32. The Labute approximate surface area is 158 Å². The minimum atomic E-state index is -0.0795. The number of H-pyrrole nitrogens is 1. The molecule has 2 amide bonds. The van der Waals surface area contributed by atoms with Crippen LogP contribution in [0.1, 0.15) is 19.8 Å². The predicted octanol–water partition coefficient (Wildman–Crippen LogP) is 4.50. The van der Waals surface area contributed by atoms with E-state index in [4.69, 9.17) is 4.74 Å². The summed E-state index contributed by atoms with van der Waals surface area (Å²) in [4.78, 5) is 14.4. The molecular formula is C21H24N4O2. The second-order valence-corrected chi connectivity index (χ2v) is 7.13. The molecule has 140 valence electrons. The molecule has 27 heavy (non-hydrogen) atoms. The largest absolute Gasteiger partial charge is 0.496 e. The number of fused-ring (bicyclic) bond motifs is 1. The minimum Gasteiger partial charge on any atom is -0.496 e. The number of benzene rings is 2. The number of likely N-dealkylation sites (tertiary alicyclic amines) is 1. The summed E-state index contributed by atoms with van der Waals surface area (Å²) in [7, 11) is 1.67. The van der Waals surface area contributed by atoms with E-state index in [1.807, 2.05) is 47.4 Å². The molecule has 0 saturated carbocycles. The summed E-state index contributed by atoms with van der Waals surface area (Å²) in [6, 6.07) is 13.9. The number of aromatic nitrogens is 2. The number of nitrogens with one attached hydrogen (secondary N) is 2. The molecule has 6 nitrogen and oxygen atoms in total. The molecule has 1 aromatic heterocycles. The zero-order valence-electron chi connectivity index (χ0n) is 15.7. The highest BCUT2D eigenvalue weighted by Gasteiger charge is 2.21. The quantitative estimate of drug-likeness (QED) is 0.719. The van der Waals surface area contributed by atoms with Crippen LogP contribution in [-0.4, -0.2) is 41.3 Å². The van der Waals surface area contributed by atoms with Crippen LogP contribution in [0.15, 0.2) is 42.5 Å². The van der Waals surface area contributed by atoms with E-state index in [1.165, 1.54) is 0 Å². The Kier molecular flexibility index (Phi) is 4.71. The highest BCUT2D eigenvalue weighted by molar-refractivity contribution is 6.00. The Hall–Kier alpha value is -3.02. The van der Waals surface area contributed by atoms with Gasteiger partial charge in [0.1, 0.15) is 5.75 Å². The smallest absolute Gasteiger partial charge is 0.323 e. The Balaban J connectivity index is 1.57. The van der Waals surface area contributed by atoms with Gasteiger partial charge in [-0.3, -0.25) is 10.4 Å². The third-order valence-corrected chi connectivity index (χ3v) is 5.28. The normalized spacial score (nSPS) is 15.1. The van der Waals surface area contributed by atoms with E-state index >= 15 is 0 Å². The molecule has 3 aromatic rings. The average Bonchev–Trinajstić information content (AvgIpc) is 3.10. The van der Waals surface area contributed by atoms with E-state index in [9.17, 15) is 4.79 Å². The molecule has 0 aliphatic carbocycles. The van der Waals surface area contributed by atoms with Crippen molar-refractivity contribution in [3.63, 3.8) is 0 Å². The van der Waals surface area contributed by atoms with E-state index < -0.39 is 0 Å². The maximum Gasteiger partial charge on any atom is 0.323 e. The number of ether oxygens (including phenoxy) is 1. The fraction of sp³-hybridized carbons (Fsp3) is 0.333. The first-order valence-electron chi connectivity index (χ1n) is 9.33. The topological polar surface area (TPSA) is 70.2 Å². The highest BCUT2D eigenvalue weighted by atomic mass is 16.5. The SMILES string of the molecule is COc1ccccc1-c1ccc2c(NC(=O)N3CCC(C)CC3)n[nH]c2c1. The second-order valence-electron chi connectivity index (χ2n) is 7.13. The third kappa shape index (κ3) is 3.47. The molecule has 4 rings (SSSR count). The van der Waals surface area contributed by atoms with Gasteiger partial charge in [-0.05, 0) is 42.5 Å². The number of hydrogen-bond acceptors (Lipinski definition) is 3. The van der Waals surface area contributed by atoms with Crippen molar-refractivity contribution >= 4 is 22.8 Å². The zero-order valence-corrected chi connectivity index (χ0v) is 15.7. The first-order valence-corrected chi connectivity index (χ1v) is 9.33. The zero-order chi connectivity index (χ0) is 18.8. The van der Waals surface area contributed by atoms with Gasteiger partial charge < -0.3 is 9.64 Å². The van der Waals surface area contributed by atoms with Crippen molar-refractivity contribution in [3.8, 4) is 16.9 Å². The predicted molar refractivity (Wildman–Crippen MR) is 107 cm³/mol. The van der Waals surface area contributed by atoms with Gasteiger partial charge in [0.15, 0.2) is 5.82 Å². The summed E-state index contributed by atoms with van der Waals surface area (Å²) in [5.41, 5.74) is 2.93. The summed E-state index contributed by atoms with van der Waals surface area (Å²) in [6.45, 7) is 3.83. The van der Waals surface area contributed by atoms with Crippen molar-refractivity contribution < 1.29 is 9.53 Å². The van der Waals surface area contributed by atoms with Crippen LogP contribution in [0.3, 0.4) is 0 Å². The Morgan fingerprint density at radius 3 is 2.78 bits per heavy atom. The molecule has 0 spiro atoms. The van der Waals surface area contributed by atoms with E-state index in [-0.39, 0.29) is 6.03 Å². The number of methoxy groups -OCH3 is 1. The number of nitrogens with zero attached hydrogens (tertiary/aromatic N) is 2. The summed E-state index contributed by atoms with van der Waals surface area (Å²) >= 11 is 0. The lowest BCUT2D eigenvalue weighted by Crippen LogP contribution is -2.40. The Morgan fingerprint density at radius 1 is 1.22 bits per heavy atom. The third-order valence-electron chi connectivity index (χ3n) is 5.28. The first-order chi connectivity index (χ1) is 13.2. The van der Waals surface area contributed by atoms with Crippen LogP contribution in [0.5, 0.6) is 5.75 Å². The number of para-hydroxylation sites is 1. The molecule has 1 aliphatic rings. The van der Waals surface area contributed by atoms with Gasteiger partial charge in [-0.25, -0.2) is 4.79 Å². The molecule has 0 atom stereocenters. The monoisotopic (exact) mass is 364 g/mol. The molecule has 6 heteroatoms. The molecule has 2 heterocycles. The summed E-state index contributed by atoms with van der Waals surface area (Å²) in [5.74, 6) is 2.08. The van der Waals surface area contributed by atoms with Gasteiger partial charge in [0, 0.05) is 24.0 Å². The van der Waals surface area contributed by atoms with E-state index in [0.717, 1.165) is 53.7 Å². The number of hydrogen-bond donors (Lipinski definition) is 2. The number of anilines is 1. The van der Waals surface area contributed by atoms with Crippen LogP contribution >= 0.6 is 0 Å². The van der Waals surface area contributed by atoms with Crippen molar-refractivity contribution in [2.75, 3.05) is 25.5 Å². The van der Waals surface area contributed by atoms with Crippen LogP contribution in [0.25, 0.3) is 22.0 Å². The van der Waals surface area contributed by atoms with Crippen LogP contribution in [0.2, 0.25) is 0 Å². The number of rotatable bonds is 3. The maximum absolute atomic E-state index is 12.5. The molecule has 1 aliphatic heterocycles. The van der Waals surface area contributed by atoms with Crippen LogP contribution in [0, 0.1) is 5.92 Å². The first kappa shape index (κ1) is 17.4. The average molecular weight is 364 g/mol. The number of carbonyl (C=O) groups is 1. The molecule has 0 unspecified atom stereocenters. The standard InChI is InChI=1S/C21H24N4O2/c1-14-9-11-25(12-10-14)21(26)22-20-17-8-7-15(13-18(17)23-24-20)16-5-3-4-6-19(16)27-2/h3-8,13-14H,9-12H2,1-2H3,(H2,22,23,24,26). The maximum atomic E-state index is 12.5. The number of piperidine rings is 1. The van der Waals surface area contributed by atoms with Gasteiger partial charge in [-0.15, -0.1) is 0 Å². The number of urea groups is 1. The molecule has 0 bridgehead atoms. The fourth-order valence-corrected chi connectivity index (χ4v) is 3.56. The van der Waals surface area contributed by atoms with E-state index in [1.54, 1.807) is 7.11 Å². The van der Waals surface area contributed by atoms with Crippen molar-refractivity contribution in [2.45, 2.75) is 19.8 Å². The van der Waals surface area contributed by atoms with Crippen LogP contribution in [-0.2, 0) is 0 Å². The van der Waals surface area contributed by atoms with Crippen LogP contribution < -0.4 is 10.1 Å². The summed E-state index contributed by atoms with van der Waals surface area (Å²) in [6.07, 6.45) is 2.11. The lowest BCUT2D eigenvalue weighted by Gasteiger charge is -2.30.